The van der Waals surface area contributed by atoms with Gasteiger partial charge >= 0.3 is 12.1 Å². The Labute approximate surface area is 120 Å². The summed E-state index contributed by atoms with van der Waals surface area (Å²) in [6.45, 7) is 0.358. The number of halogens is 3. The van der Waals surface area contributed by atoms with Crippen molar-refractivity contribution in [3.8, 4) is 0 Å². The number of carbonyl (C=O) groups excluding carboxylic acids is 2. The molecule has 0 amide bonds. The molecule has 1 fully saturated rings. The predicted octanol–water partition coefficient (Wildman–Crippen LogP) is 1.88. The van der Waals surface area contributed by atoms with Gasteiger partial charge in [-0.2, -0.15) is 13.2 Å². The van der Waals surface area contributed by atoms with Crippen molar-refractivity contribution in [1.82, 2.24) is 0 Å². The van der Waals surface area contributed by atoms with Gasteiger partial charge in [-0.15, -0.1) is 0 Å². The molecular weight excluding hydrogens is 293 g/mol. The molecule has 0 N–H and O–H groups in total. The van der Waals surface area contributed by atoms with Gasteiger partial charge in [0, 0.05) is 13.0 Å². The summed E-state index contributed by atoms with van der Waals surface area (Å²) in [5, 5.41) is 0. The molecular formula is C13H19F3O5. The quantitative estimate of drug-likeness (QED) is 0.408. The summed E-state index contributed by atoms with van der Waals surface area (Å²) < 4.78 is 50.4. The minimum atomic E-state index is -4.39. The first-order valence-electron chi connectivity index (χ1n) is 6.74. The summed E-state index contributed by atoms with van der Waals surface area (Å²) in [5.41, 5.74) is -1.41. The lowest BCUT2D eigenvalue weighted by Crippen LogP contribution is -2.48. The molecule has 21 heavy (non-hydrogen) atoms. The van der Waals surface area contributed by atoms with Crippen LogP contribution >= 0.6 is 0 Å². The van der Waals surface area contributed by atoms with Crippen LogP contribution in [0.5, 0.6) is 0 Å². The summed E-state index contributed by atoms with van der Waals surface area (Å²) >= 11 is 0. The molecule has 1 atom stereocenters. The summed E-state index contributed by atoms with van der Waals surface area (Å²) in [4.78, 5) is 24.1. The molecule has 0 aromatic rings. The number of carbonyl (C=O) groups is 2. The van der Waals surface area contributed by atoms with Gasteiger partial charge in [0.2, 0.25) is 0 Å². The van der Waals surface area contributed by atoms with Gasteiger partial charge in [0.15, 0.2) is 5.78 Å². The summed E-state index contributed by atoms with van der Waals surface area (Å²) in [5.74, 6) is -0.964. The second-order valence-electron chi connectivity index (χ2n) is 4.80. The summed E-state index contributed by atoms with van der Waals surface area (Å²) in [6.07, 6.45) is -4.09. The van der Waals surface area contributed by atoms with Gasteiger partial charge in [-0.25, -0.2) is 0 Å². The molecule has 1 heterocycles. The highest BCUT2D eigenvalue weighted by atomic mass is 19.4. The van der Waals surface area contributed by atoms with E-state index >= 15 is 0 Å². The third kappa shape index (κ3) is 5.28. The van der Waals surface area contributed by atoms with E-state index < -0.39 is 24.2 Å². The van der Waals surface area contributed by atoms with Crippen LogP contribution < -0.4 is 0 Å². The first-order chi connectivity index (χ1) is 9.82. The Kier molecular flexibility index (Phi) is 6.60. The van der Waals surface area contributed by atoms with Crippen LogP contribution in [0.4, 0.5) is 13.2 Å². The monoisotopic (exact) mass is 312 g/mol. The van der Waals surface area contributed by atoms with Crippen molar-refractivity contribution in [2.24, 2.45) is 5.41 Å². The third-order valence-corrected chi connectivity index (χ3v) is 3.18. The van der Waals surface area contributed by atoms with Crippen molar-refractivity contribution < 1.29 is 37.0 Å². The van der Waals surface area contributed by atoms with Crippen LogP contribution in [0, 0.1) is 5.41 Å². The standard InChI is InChI=1S/C13H19F3O5/c1-2-21-11(18)12(8-20-7-4-10(12)17)5-3-6-19-9-13(14,15)16/h2-9H2,1H3. The van der Waals surface area contributed by atoms with Gasteiger partial charge in [-0.1, -0.05) is 0 Å². The van der Waals surface area contributed by atoms with Gasteiger partial charge in [0.1, 0.15) is 12.0 Å². The van der Waals surface area contributed by atoms with Gasteiger partial charge in [0.05, 0.1) is 19.8 Å². The molecule has 1 aliphatic rings. The fraction of sp³-hybridized carbons (Fsp3) is 0.846. The van der Waals surface area contributed by atoms with E-state index in [1.807, 2.05) is 0 Å². The molecule has 0 aliphatic carbocycles. The second kappa shape index (κ2) is 7.74. The zero-order chi connectivity index (χ0) is 15.9. The molecule has 0 spiro atoms. The van der Waals surface area contributed by atoms with Gasteiger partial charge in [-0.05, 0) is 19.8 Å². The largest absolute Gasteiger partial charge is 0.465 e. The van der Waals surface area contributed by atoms with Crippen molar-refractivity contribution in [3.63, 3.8) is 0 Å². The van der Waals surface area contributed by atoms with E-state index in [9.17, 15) is 22.8 Å². The van der Waals surface area contributed by atoms with E-state index in [-0.39, 0.29) is 51.5 Å². The van der Waals surface area contributed by atoms with Crippen LogP contribution in [0.2, 0.25) is 0 Å². The number of alkyl halides is 3. The second-order valence-corrected chi connectivity index (χ2v) is 4.80. The molecule has 0 saturated carbocycles. The zero-order valence-electron chi connectivity index (χ0n) is 11.8. The van der Waals surface area contributed by atoms with Crippen LogP contribution in [0.15, 0.2) is 0 Å². The zero-order valence-corrected chi connectivity index (χ0v) is 11.8. The van der Waals surface area contributed by atoms with Crippen molar-refractivity contribution in [2.75, 3.05) is 33.0 Å². The van der Waals surface area contributed by atoms with Crippen molar-refractivity contribution in [1.29, 1.82) is 0 Å². The van der Waals surface area contributed by atoms with Crippen molar-refractivity contribution in [3.05, 3.63) is 0 Å². The molecule has 0 aromatic heterocycles. The number of hydrogen-bond acceptors (Lipinski definition) is 5. The average Bonchev–Trinajstić information content (AvgIpc) is 2.39. The van der Waals surface area contributed by atoms with Crippen molar-refractivity contribution >= 4 is 11.8 Å². The predicted molar refractivity (Wildman–Crippen MR) is 65.6 cm³/mol. The first-order valence-corrected chi connectivity index (χ1v) is 6.74. The number of ether oxygens (including phenoxy) is 3. The van der Waals surface area contributed by atoms with E-state index in [0.717, 1.165) is 0 Å². The van der Waals surface area contributed by atoms with E-state index in [1.54, 1.807) is 6.92 Å². The highest BCUT2D eigenvalue weighted by Crippen LogP contribution is 2.32. The highest BCUT2D eigenvalue weighted by Gasteiger charge is 2.48. The van der Waals surface area contributed by atoms with Crippen LogP contribution in [0.1, 0.15) is 26.2 Å². The Morgan fingerprint density at radius 2 is 2.14 bits per heavy atom. The number of hydrogen-bond donors (Lipinski definition) is 0. The molecule has 0 bridgehead atoms. The molecule has 1 unspecified atom stereocenters. The number of rotatable bonds is 7. The molecule has 0 radical (unpaired) electrons. The normalized spacial score (nSPS) is 23.1. The Morgan fingerprint density at radius 3 is 2.71 bits per heavy atom. The van der Waals surface area contributed by atoms with Crippen LogP contribution in [0.3, 0.4) is 0 Å². The molecule has 1 saturated heterocycles. The SMILES string of the molecule is CCOC(=O)C1(CCCOCC(F)(F)F)COCCC1=O. The first kappa shape index (κ1) is 17.9. The van der Waals surface area contributed by atoms with E-state index in [4.69, 9.17) is 9.47 Å². The average molecular weight is 312 g/mol. The number of ketones is 1. The Balaban J connectivity index is 2.54. The lowest BCUT2D eigenvalue weighted by Gasteiger charge is -2.33. The van der Waals surface area contributed by atoms with Crippen LogP contribution in [-0.2, 0) is 23.8 Å². The van der Waals surface area contributed by atoms with E-state index in [1.165, 1.54) is 0 Å². The highest BCUT2D eigenvalue weighted by molar-refractivity contribution is 6.04. The van der Waals surface area contributed by atoms with Gasteiger partial charge in [-0.3, -0.25) is 9.59 Å². The Morgan fingerprint density at radius 1 is 1.43 bits per heavy atom. The minimum Gasteiger partial charge on any atom is -0.465 e. The fourth-order valence-electron chi connectivity index (χ4n) is 2.15. The van der Waals surface area contributed by atoms with Crippen LogP contribution in [0.25, 0.3) is 0 Å². The summed E-state index contributed by atoms with van der Waals surface area (Å²) in [7, 11) is 0. The molecule has 1 aliphatic heterocycles. The van der Waals surface area contributed by atoms with Crippen molar-refractivity contribution in [2.45, 2.75) is 32.4 Å². The van der Waals surface area contributed by atoms with E-state index in [0.29, 0.717) is 0 Å². The fourth-order valence-corrected chi connectivity index (χ4v) is 2.15. The number of Topliss-reactive ketones (excluding diaryl/α,β-unsaturated/α-hetero) is 1. The van der Waals surface area contributed by atoms with E-state index in [2.05, 4.69) is 4.74 Å². The molecule has 8 heteroatoms. The topological polar surface area (TPSA) is 61.8 Å². The minimum absolute atomic E-state index is 0.0581. The maximum absolute atomic E-state index is 12.1. The molecule has 1 rings (SSSR count). The van der Waals surface area contributed by atoms with Crippen LogP contribution in [-0.4, -0.2) is 51.0 Å². The number of esters is 1. The Bertz CT molecular complexity index is 369. The molecule has 5 nitrogen and oxygen atoms in total. The molecule has 0 aromatic carbocycles. The van der Waals surface area contributed by atoms with Gasteiger partial charge < -0.3 is 14.2 Å². The summed E-state index contributed by atoms with van der Waals surface area (Å²) in [6, 6.07) is 0. The Hall–Kier alpha value is -1.15. The molecule has 122 valence electrons. The smallest absolute Gasteiger partial charge is 0.411 e. The third-order valence-electron chi connectivity index (χ3n) is 3.18. The van der Waals surface area contributed by atoms with Gasteiger partial charge in [0.25, 0.3) is 0 Å². The maximum atomic E-state index is 12.1. The maximum Gasteiger partial charge on any atom is 0.411 e. The lowest BCUT2D eigenvalue weighted by molar-refractivity contribution is -0.177. The lowest BCUT2D eigenvalue weighted by atomic mass is 9.77.